The summed E-state index contributed by atoms with van der Waals surface area (Å²) in [5.41, 5.74) is 1.14. The van der Waals surface area contributed by atoms with Crippen molar-refractivity contribution < 1.29 is 0 Å². The number of nitrogens with zero attached hydrogens (tertiary/aromatic N) is 2. The van der Waals surface area contributed by atoms with Gasteiger partial charge in [-0.05, 0) is 56.8 Å². The summed E-state index contributed by atoms with van der Waals surface area (Å²) in [7, 11) is 0. The number of aromatic nitrogens is 2. The van der Waals surface area contributed by atoms with E-state index >= 15 is 0 Å². The van der Waals surface area contributed by atoms with Crippen LogP contribution in [0.15, 0.2) is 6.20 Å². The summed E-state index contributed by atoms with van der Waals surface area (Å²) in [6.45, 7) is 6.56. The zero-order chi connectivity index (χ0) is 13.2. The maximum absolute atomic E-state index is 4.65. The molecule has 0 amide bonds. The third-order valence-electron chi connectivity index (χ3n) is 4.57. The van der Waals surface area contributed by atoms with Gasteiger partial charge >= 0.3 is 0 Å². The lowest BCUT2D eigenvalue weighted by Gasteiger charge is -2.18. The fourth-order valence-corrected chi connectivity index (χ4v) is 3.16. The van der Waals surface area contributed by atoms with E-state index in [-0.39, 0.29) is 0 Å². The predicted molar refractivity (Wildman–Crippen MR) is 79.3 cm³/mol. The number of hydrogen-bond donors (Lipinski definition) is 1. The van der Waals surface area contributed by atoms with Crippen molar-refractivity contribution in [2.45, 2.75) is 58.9 Å². The van der Waals surface area contributed by atoms with Crippen molar-refractivity contribution in [2.24, 2.45) is 17.8 Å². The lowest BCUT2D eigenvalue weighted by atomic mass is 9.98. The van der Waals surface area contributed by atoms with Crippen molar-refractivity contribution in [1.82, 2.24) is 9.55 Å². The van der Waals surface area contributed by atoms with Crippen LogP contribution in [0.2, 0.25) is 0 Å². The van der Waals surface area contributed by atoms with Crippen LogP contribution in [0.1, 0.15) is 51.1 Å². The summed E-state index contributed by atoms with van der Waals surface area (Å²) < 4.78 is 2.38. The highest BCUT2D eigenvalue weighted by atomic mass is 15.2. The van der Waals surface area contributed by atoms with Gasteiger partial charge in [-0.15, -0.1) is 0 Å². The first-order chi connectivity index (χ1) is 9.28. The Bertz CT molecular complexity index is 404. The van der Waals surface area contributed by atoms with Gasteiger partial charge in [-0.1, -0.05) is 13.3 Å². The molecule has 2 fully saturated rings. The largest absolute Gasteiger partial charge is 0.356 e. The maximum atomic E-state index is 4.65. The van der Waals surface area contributed by atoms with Gasteiger partial charge in [0.2, 0.25) is 5.95 Å². The summed E-state index contributed by atoms with van der Waals surface area (Å²) >= 11 is 0. The number of aryl methyl sites for hydroxylation is 1. The SMILES string of the molecule is CCCCNc1nc(C)cn1CC(C1CC1)C1CC1. The molecule has 1 aromatic heterocycles. The number of imidazole rings is 1. The average molecular weight is 261 g/mol. The molecule has 3 heteroatoms. The van der Waals surface area contributed by atoms with E-state index in [1.165, 1.54) is 45.1 Å². The van der Waals surface area contributed by atoms with Gasteiger partial charge in [0.05, 0.1) is 5.69 Å². The molecular formula is C16H27N3. The Morgan fingerprint density at radius 2 is 2.00 bits per heavy atom. The first-order valence-corrected chi connectivity index (χ1v) is 8.05. The standard InChI is InChI=1S/C16H27N3/c1-3-4-9-17-16-18-12(2)10-19(16)11-15(13-5-6-13)14-7-8-14/h10,13-15H,3-9,11H2,1-2H3,(H,17,18). The van der Waals surface area contributed by atoms with Gasteiger partial charge in [0.25, 0.3) is 0 Å². The molecule has 0 bridgehead atoms. The third kappa shape index (κ3) is 3.31. The minimum atomic E-state index is 0.917. The molecule has 3 nitrogen and oxygen atoms in total. The zero-order valence-electron chi connectivity index (χ0n) is 12.4. The van der Waals surface area contributed by atoms with Crippen molar-refractivity contribution >= 4 is 5.95 Å². The number of hydrogen-bond acceptors (Lipinski definition) is 2. The zero-order valence-corrected chi connectivity index (χ0v) is 12.4. The monoisotopic (exact) mass is 261 g/mol. The summed E-state index contributed by atoms with van der Waals surface area (Å²) in [4.78, 5) is 4.65. The minimum Gasteiger partial charge on any atom is -0.356 e. The molecular weight excluding hydrogens is 234 g/mol. The Labute approximate surface area is 116 Å². The number of nitrogens with one attached hydrogen (secondary N) is 1. The smallest absolute Gasteiger partial charge is 0.203 e. The summed E-state index contributed by atoms with van der Waals surface area (Å²) in [5, 5.41) is 3.51. The van der Waals surface area contributed by atoms with E-state index in [4.69, 9.17) is 0 Å². The molecule has 0 saturated heterocycles. The van der Waals surface area contributed by atoms with E-state index in [9.17, 15) is 0 Å². The summed E-state index contributed by atoms with van der Waals surface area (Å²) in [5.74, 6) is 4.04. The van der Waals surface area contributed by atoms with Crippen molar-refractivity contribution in [1.29, 1.82) is 0 Å². The van der Waals surface area contributed by atoms with Gasteiger partial charge in [-0.3, -0.25) is 0 Å². The van der Waals surface area contributed by atoms with Gasteiger partial charge in [0.15, 0.2) is 0 Å². The molecule has 2 aliphatic rings. The van der Waals surface area contributed by atoms with Crippen LogP contribution in [0.5, 0.6) is 0 Å². The Morgan fingerprint density at radius 1 is 1.32 bits per heavy atom. The highest BCUT2D eigenvalue weighted by Gasteiger charge is 2.41. The van der Waals surface area contributed by atoms with Crippen LogP contribution in [0.3, 0.4) is 0 Å². The normalized spacial score (nSPS) is 19.1. The van der Waals surface area contributed by atoms with E-state index in [0.717, 1.165) is 35.9 Å². The van der Waals surface area contributed by atoms with E-state index in [2.05, 4.69) is 34.9 Å². The van der Waals surface area contributed by atoms with Crippen LogP contribution in [0.4, 0.5) is 5.95 Å². The van der Waals surface area contributed by atoms with Gasteiger partial charge in [0.1, 0.15) is 0 Å². The van der Waals surface area contributed by atoms with E-state index in [1.807, 2.05) is 0 Å². The first kappa shape index (κ1) is 13.0. The molecule has 0 spiro atoms. The lowest BCUT2D eigenvalue weighted by molar-refractivity contribution is 0.350. The summed E-state index contributed by atoms with van der Waals surface area (Å²) in [6, 6.07) is 0. The maximum Gasteiger partial charge on any atom is 0.203 e. The van der Waals surface area contributed by atoms with Crippen molar-refractivity contribution in [3.8, 4) is 0 Å². The first-order valence-electron chi connectivity index (χ1n) is 8.05. The second kappa shape index (κ2) is 5.56. The molecule has 106 valence electrons. The molecule has 0 unspecified atom stereocenters. The molecule has 0 radical (unpaired) electrons. The second-order valence-electron chi connectivity index (χ2n) is 6.48. The van der Waals surface area contributed by atoms with Crippen LogP contribution in [-0.2, 0) is 6.54 Å². The minimum absolute atomic E-state index is 0.917. The molecule has 1 N–H and O–H groups in total. The average Bonchev–Trinajstić information content (AvgIpc) is 3.27. The Morgan fingerprint density at radius 3 is 2.58 bits per heavy atom. The summed E-state index contributed by atoms with van der Waals surface area (Å²) in [6.07, 6.45) is 10.5. The molecule has 1 aromatic rings. The highest BCUT2D eigenvalue weighted by molar-refractivity contribution is 5.28. The van der Waals surface area contributed by atoms with Gasteiger partial charge in [-0.25, -0.2) is 4.98 Å². The number of unbranched alkanes of at least 4 members (excludes halogenated alkanes) is 1. The quantitative estimate of drug-likeness (QED) is 0.721. The van der Waals surface area contributed by atoms with Crippen molar-refractivity contribution in [2.75, 3.05) is 11.9 Å². The third-order valence-corrected chi connectivity index (χ3v) is 4.57. The predicted octanol–water partition coefficient (Wildman–Crippen LogP) is 3.84. The highest BCUT2D eigenvalue weighted by Crippen LogP contribution is 2.50. The van der Waals surface area contributed by atoms with Gasteiger partial charge in [-0.2, -0.15) is 0 Å². The fraction of sp³-hybridized carbons (Fsp3) is 0.812. The molecule has 0 atom stereocenters. The molecule has 1 heterocycles. The second-order valence-corrected chi connectivity index (χ2v) is 6.48. The van der Waals surface area contributed by atoms with E-state index in [0.29, 0.717) is 0 Å². The fourth-order valence-electron chi connectivity index (χ4n) is 3.16. The van der Waals surface area contributed by atoms with Crippen molar-refractivity contribution in [3.63, 3.8) is 0 Å². The Balaban J connectivity index is 1.64. The Kier molecular flexibility index (Phi) is 3.81. The van der Waals surface area contributed by atoms with Crippen LogP contribution in [0.25, 0.3) is 0 Å². The molecule has 2 saturated carbocycles. The van der Waals surface area contributed by atoms with Crippen molar-refractivity contribution in [3.05, 3.63) is 11.9 Å². The molecule has 0 aliphatic heterocycles. The van der Waals surface area contributed by atoms with Gasteiger partial charge in [0, 0.05) is 19.3 Å². The molecule has 3 rings (SSSR count). The van der Waals surface area contributed by atoms with Gasteiger partial charge < -0.3 is 9.88 Å². The van der Waals surface area contributed by atoms with Crippen LogP contribution < -0.4 is 5.32 Å². The molecule has 19 heavy (non-hydrogen) atoms. The van der Waals surface area contributed by atoms with Crippen LogP contribution >= 0.6 is 0 Å². The number of rotatable bonds is 8. The van der Waals surface area contributed by atoms with Crippen LogP contribution in [0, 0.1) is 24.7 Å². The topological polar surface area (TPSA) is 29.9 Å². The Hall–Kier alpha value is -0.990. The molecule has 0 aromatic carbocycles. The van der Waals surface area contributed by atoms with E-state index in [1.54, 1.807) is 0 Å². The number of anilines is 1. The van der Waals surface area contributed by atoms with E-state index < -0.39 is 0 Å². The molecule has 2 aliphatic carbocycles. The van der Waals surface area contributed by atoms with Crippen LogP contribution in [-0.4, -0.2) is 16.1 Å². The lowest BCUT2D eigenvalue weighted by Crippen LogP contribution is -2.17.